The van der Waals surface area contributed by atoms with Gasteiger partial charge in [0.1, 0.15) is 5.75 Å². The van der Waals surface area contributed by atoms with Crippen molar-refractivity contribution in [1.29, 1.82) is 0 Å². The highest BCUT2D eigenvalue weighted by Gasteiger charge is 2.37. The molecule has 2 aromatic rings. The van der Waals surface area contributed by atoms with Crippen molar-refractivity contribution < 1.29 is 23.9 Å². The Morgan fingerprint density at radius 1 is 1.11 bits per heavy atom. The van der Waals surface area contributed by atoms with Gasteiger partial charge in [-0.1, -0.05) is 36.4 Å². The molecule has 0 spiro atoms. The lowest BCUT2D eigenvalue weighted by Crippen LogP contribution is -2.30. The van der Waals surface area contributed by atoms with E-state index in [0.717, 1.165) is 0 Å². The average Bonchev–Trinajstić information content (AvgIpc) is 3.10. The zero-order chi connectivity index (χ0) is 19.4. The topological polar surface area (TPSA) is 72.9 Å². The van der Waals surface area contributed by atoms with Gasteiger partial charge >= 0.3 is 5.97 Å². The van der Waals surface area contributed by atoms with Crippen molar-refractivity contribution in [3.63, 3.8) is 0 Å². The monoisotopic (exact) mass is 367 g/mol. The Kier molecular flexibility index (Phi) is 5.54. The lowest BCUT2D eigenvalue weighted by molar-refractivity contribution is -0.151. The molecule has 1 saturated heterocycles. The van der Waals surface area contributed by atoms with E-state index in [2.05, 4.69) is 0 Å². The van der Waals surface area contributed by atoms with E-state index < -0.39 is 18.0 Å². The summed E-state index contributed by atoms with van der Waals surface area (Å²) >= 11 is 0. The number of hydrogen-bond donors (Lipinski definition) is 0. The summed E-state index contributed by atoms with van der Waals surface area (Å²) in [6.07, 6.45) is -0.844. The minimum atomic E-state index is -0.902. The third-order valence-electron chi connectivity index (χ3n) is 4.54. The molecule has 0 aliphatic carbocycles. The molecular formula is C21H21NO5. The second-order valence-electron chi connectivity index (χ2n) is 6.42. The molecule has 1 fully saturated rings. The molecule has 6 heteroatoms. The van der Waals surface area contributed by atoms with Gasteiger partial charge in [-0.2, -0.15) is 0 Å². The van der Waals surface area contributed by atoms with Crippen LogP contribution in [0.15, 0.2) is 54.6 Å². The molecule has 1 heterocycles. The molecule has 1 aliphatic heterocycles. The Bertz CT molecular complexity index is 849. The number of rotatable bonds is 6. The first-order valence-corrected chi connectivity index (χ1v) is 8.73. The van der Waals surface area contributed by atoms with Crippen LogP contribution in [-0.4, -0.2) is 37.4 Å². The number of methoxy groups -OCH3 is 1. The molecule has 6 nitrogen and oxygen atoms in total. The van der Waals surface area contributed by atoms with Gasteiger partial charge in [0.2, 0.25) is 11.7 Å². The fraction of sp³-hybridized carbons (Fsp3) is 0.286. The Balaban J connectivity index is 1.64. The summed E-state index contributed by atoms with van der Waals surface area (Å²) in [6.45, 7) is 1.76. The molecule has 140 valence electrons. The fourth-order valence-corrected chi connectivity index (χ4v) is 3.05. The summed E-state index contributed by atoms with van der Waals surface area (Å²) in [4.78, 5) is 38.7. The van der Waals surface area contributed by atoms with E-state index in [1.54, 1.807) is 62.6 Å². The third kappa shape index (κ3) is 4.16. The molecule has 27 heavy (non-hydrogen) atoms. The lowest BCUT2D eigenvalue weighted by atomic mass is 10.1. The number of ketones is 1. The van der Waals surface area contributed by atoms with Gasteiger partial charge in [-0.15, -0.1) is 0 Å². The predicted molar refractivity (Wildman–Crippen MR) is 99.8 cm³/mol. The number of ether oxygens (including phenoxy) is 2. The van der Waals surface area contributed by atoms with E-state index in [4.69, 9.17) is 9.47 Å². The maximum Gasteiger partial charge on any atom is 0.312 e. The zero-order valence-electron chi connectivity index (χ0n) is 15.3. The SMILES string of the molecule is COc1cccc(N2C[C@@H](C(=O)O[C@H](C)C(=O)c3ccccc3)CC2=O)c1. The molecular weight excluding hydrogens is 346 g/mol. The number of carbonyl (C=O) groups excluding carboxylic acids is 3. The second-order valence-corrected chi connectivity index (χ2v) is 6.42. The third-order valence-corrected chi connectivity index (χ3v) is 4.54. The van der Waals surface area contributed by atoms with Gasteiger partial charge < -0.3 is 14.4 Å². The van der Waals surface area contributed by atoms with E-state index in [1.165, 1.54) is 4.90 Å². The van der Waals surface area contributed by atoms with Crippen LogP contribution >= 0.6 is 0 Å². The van der Waals surface area contributed by atoms with Crippen LogP contribution in [0, 0.1) is 5.92 Å². The Labute approximate surface area is 157 Å². The van der Waals surface area contributed by atoms with E-state index in [-0.39, 0.29) is 24.7 Å². The largest absolute Gasteiger partial charge is 0.497 e. The van der Waals surface area contributed by atoms with Crippen molar-refractivity contribution in [2.45, 2.75) is 19.4 Å². The van der Waals surface area contributed by atoms with Crippen LogP contribution in [0.4, 0.5) is 5.69 Å². The highest BCUT2D eigenvalue weighted by molar-refractivity contribution is 6.02. The van der Waals surface area contributed by atoms with Crippen molar-refractivity contribution in [2.75, 3.05) is 18.6 Å². The molecule has 1 aliphatic rings. The average molecular weight is 367 g/mol. The number of benzene rings is 2. The summed E-state index contributed by atoms with van der Waals surface area (Å²) in [6, 6.07) is 15.8. The van der Waals surface area contributed by atoms with Crippen LogP contribution < -0.4 is 9.64 Å². The number of esters is 1. The molecule has 2 atom stereocenters. The van der Waals surface area contributed by atoms with Gasteiger partial charge in [-0.3, -0.25) is 14.4 Å². The van der Waals surface area contributed by atoms with Gasteiger partial charge in [-0.25, -0.2) is 0 Å². The first-order chi connectivity index (χ1) is 13.0. The smallest absolute Gasteiger partial charge is 0.312 e. The Morgan fingerprint density at radius 2 is 1.85 bits per heavy atom. The van der Waals surface area contributed by atoms with E-state index in [0.29, 0.717) is 17.0 Å². The van der Waals surface area contributed by atoms with E-state index >= 15 is 0 Å². The van der Waals surface area contributed by atoms with Crippen molar-refractivity contribution in [3.05, 3.63) is 60.2 Å². The number of anilines is 1. The van der Waals surface area contributed by atoms with E-state index in [1.807, 2.05) is 6.07 Å². The summed E-state index contributed by atoms with van der Waals surface area (Å²) in [5, 5.41) is 0. The van der Waals surface area contributed by atoms with Gasteiger partial charge in [0.15, 0.2) is 6.10 Å². The standard InChI is InChI=1S/C21H21NO5/c1-14(20(24)15-7-4-3-5-8-15)27-21(25)16-11-19(23)22(13-16)17-9-6-10-18(12-17)26-2/h3-10,12,14,16H,11,13H2,1-2H3/t14-,16+/m1/s1. The van der Waals surface area contributed by atoms with Gasteiger partial charge in [0, 0.05) is 30.3 Å². The molecule has 0 aromatic heterocycles. The van der Waals surface area contributed by atoms with Crippen molar-refractivity contribution in [1.82, 2.24) is 0 Å². The minimum Gasteiger partial charge on any atom is -0.497 e. The van der Waals surface area contributed by atoms with Crippen LogP contribution in [0.3, 0.4) is 0 Å². The number of Topliss-reactive ketones (excluding diaryl/α,β-unsaturated/α-hetero) is 1. The molecule has 0 saturated carbocycles. The van der Waals surface area contributed by atoms with Crippen molar-refractivity contribution >= 4 is 23.3 Å². The van der Waals surface area contributed by atoms with Crippen molar-refractivity contribution in [2.24, 2.45) is 5.92 Å². The second kappa shape index (κ2) is 8.03. The van der Waals surface area contributed by atoms with Crippen LogP contribution in [-0.2, 0) is 14.3 Å². The minimum absolute atomic E-state index is 0.0578. The molecule has 1 amide bonds. The number of nitrogens with zero attached hydrogens (tertiary/aromatic N) is 1. The van der Waals surface area contributed by atoms with Crippen LogP contribution in [0.5, 0.6) is 5.75 Å². The molecule has 0 bridgehead atoms. The first-order valence-electron chi connectivity index (χ1n) is 8.73. The quantitative estimate of drug-likeness (QED) is 0.580. The zero-order valence-corrected chi connectivity index (χ0v) is 15.3. The maximum atomic E-state index is 12.5. The molecule has 0 N–H and O–H groups in total. The van der Waals surface area contributed by atoms with Gasteiger partial charge in [0.25, 0.3) is 0 Å². The first kappa shape index (κ1) is 18.6. The highest BCUT2D eigenvalue weighted by atomic mass is 16.5. The Morgan fingerprint density at radius 3 is 2.56 bits per heavy atom. The molecule has 0 radical (unpaired) electrons. The number of amides is 1. The lowest BCUT2D eigenvalue weighted by Gasteiger charge is -2.18. The van der Waals surface area contributed by atoms with Gasteiger partial charge in [-0.05, 0) is 19.1 Å². The summed E-state index contributed by atoms with van der Waals surface area (Å²) in [7, 11) is 1.55. The number of hydrogen-bond acceptors (Lipinski definition) is 5. The number of carbonyl (C=O) groups is 3. The fourth-order valence-electron chi connectivity index (χ4n) is 3.05. The van der Waals surface area contributed by atoms with E-state index in [9.17, 15) is 14.4 Å². The van der Waals surface area contributed by atoms with Crippen LogP contribution in [0.2, 0.25) is 0 Å². The van der Waals surface area contributed by atoms with Crippen molar-refractivity contribution in [3.8, 4) is 5.75 Å². The maximum absolute atomic E-state index is 12.5. The van der Waals surface area contributed by atoms with Crippen LogP contribution in [0.1, 0.15) is 23.7 Å². The summed E-state index contributed by atoms with van der Waals surface area (Å²) in [5.41, 5.74) is 1.15. The van der Waals surface area contributed by atoms with Crippen LogP contribution in [0.25, 0.3) is 0 Å². The highest BCUT2D eigenvalue weighted by Crippen LogP contribution is 2.28. The normalized spacial score (nSPS) is 17.5. The molecule has 0 unspecified atom stereocenters. The molecule has 2 aromatic carbocycles. The summed E-state index contributed by atoms with van der Waals surface area (Å²) < 4.78 is 10.5. The Hall–Kier alpha value is -3.15. The van der Waals surface area contributed by atoms with Gasteiger partial charge in [0.05, 0.1) is 13.0 Å². The molecule has 3 rings (SSSR count). The predicted octanol–water partition coefficient (Wildman–Crippen LogP) is 2.86. The summed E-state index contributed by atoms with van der Waals surface area (Å²) in [5.74, 6) is -0.932.